The van der Waals surface area contributed by atoms with Crippen LogP contribution in [-0.4, -0.2) is 32.1 Å². The summed E-state index contributed by atoms with van der Waals surface area (Å²) in [5.41, 5.74) is 1.34. The Morgan fingerprint density at radius 2 is 2.00 bits per heavy atom. The van der Waals surface area contributed by atoms with E-state index < -0.39 is 0 Å². The molecule has 0 unspecified atom stereocenters. The first kappa shape index (κ1) is 16.5. The zero-order valence-electron chi connectivity index (χ0n) is 12.1. The van der Waals surface area contributed by atoms with Gasteiger partial charge in [0, 0.05) is 11.6 Å². The van der Waals surface area contributed by atoms with E-state index in [1.165, 1.54) is 16.3 Å². The summed E-state index contributed by atoms with van der Waals surface area (Å²) in [7, 11) is 4.16. The second-order valence-electron chi connectivity index (χ2n) is 4.57. The molecule has 0 spiro atoms. The fourth-order valence-electron chi connectivity index (χ4n) is 1.87. The van der Waals surface area contributed by atoms with Gasteiger partial charge >= 0.3 is 0 Å². The Balaban J connectivity index is 0.000000347. The summed E-state index contributed by atoms with van der Waals surface area (Å²) in [6, 6.07) is 12.4. The van der Waals surface area contributed by atoms with Crippen LogP contribution in [0.15, 0.2) is 36.4 Å². The SMILES string of the molecule is CCOC=O.CN(C)Cc1cccc2cc(Cl)ccc12. The predicted molar refractivity (Wildman–Crippen MR) is 84.0 cm³/mol. The van der Waals surface area contributed by atoms with Crippen LogP contribution in [0.1, 0.15) is 12.5 Å². The van der Waals surface area contributed by atoms with Gasteiger partial charge < -0.3 is 9.64 Å². The van der Waals surface area contributed by atoms with Crippen LogP contribution in [0.4, 0.5) is 0 Å². The molecule has 0 saturated carbocycles. The minimum absolute atomic E-state index is 0.431. The molecular formula is C16H20ClNO2. The van der Waals surface area contributed by atoms with Crippen LogP contribution < -0.4 is 0 Å². The number of ether oxygens (including phenoxy) is 1. The zero-order valence-corrected chi connectivity index (χ0v) is 12.9. The van der Waals surface area contributed by atoms with E-state index in [2.05, 4.69) is 48.0 Å². The Labute approximate surface area is 125 Å². The lowest BCUT2D eigenvalue weighted by Crippen LogP contribution is -2.10. The quantitative estimate of drug-likeness (QED) is 0.804. The van der Waals surface area contributed by atoms with E-state index >= 15 is 0 Å². The number of carbonyl (C=O) groups is 1. The molecular weight excluding hydrogens is 274 g/mol. The molecule has 0 amide bonds. The summed E-state index contributed by atoms with van der Waals surface area (Å²) >= 11 is 5.97. The Morgan fingerprint density at radius 3 is 2.55 bits per heavy atom. The number of hydrogen-bond acceptors (Lipinski definition) is 3. The summed E-state index contributed by atoms with van der Waals surface area (Å²) in [5, 5.41) is 3.29. The summed E-state index contributed by atoms with van der Waals surface area (Å²) in [6.07, 6.45) is 0. The van der Waals surface area contributed by atoms with E-state index in [4.69, 9.17) is 11.6 Å². The normalized spacial score (nSPS) is 10.1. The Hall–Kier alpha value is -1.58. The molecule has 0 aliphatic rings. The molecule has 0 aromatic heterocycles. The van der Waals surface area contributed by atoms with Gasteiger partial charge in [0.2, 0.25) is 0 Å². The molecule has 3 nitrogen and oxygen atoms in total. The van der Waals surface area contributed by atoms with Gasteiger partial charge in [-0.25, -0.2) is 0 Å². The van der Waals surface area contributed by atoms with Gasteiger partial charge in [0.25, 0.3) is 6.47 Å². The highest BCUT2D eigenvalue weighted by Crippen LogP contribution is 2.23. The number of carbonyl (C=O) groups excluding carboxylic acids is 1. The molecule has 108 valence electrons. The molecule has 0 bridgehead atoms. The van der Waals surface area contributed by atoms with Gasteiger partial charge in [-0.15, -0.1) is 0 Å². The molecule has 2 aromatic rings. The highest BCUT2D eigenvalue weighted by molar-refractivity contribution is 6.31. The Bertz CT molecular complexity index is 555. The highest BCUT2D eigenvalue weighted by atomic mass is 35.5. The smallest absolute Gasteiger partial charge is 0.293 e. The monoisotopic (exact) mass is 293 g/mol. The molecule has 0 saturated heterocycles. The molecule has 2 aromatic carbocycles. The maximum Gasteiger partial charge on any atom is 0.293 e. The Morgan fingerprint density at radius 1 is 1.25 bits per heavy atom. The summed E-state index contributed by atoms with van der Waals surface area (Å²) < 4.78 is 4.15. The van der Waals surface area contributed by atoms with Crippen molar-refractivity contribution in [3.8, 4) is 0 Å². The van der Waals surface area contributed by atoms with Crippen LogP contribution in [0, 0.1) is 0 Å². The Kier molecular flexibility index (Phi) is 7.05. The molecule has 0 heterocycles. The van der Waals surface area contributed by atoms with E-state index in [9.17, 15) is 4.79 Å². The fourth-order valence-corrected chi connectivity index (χ4v) is 2.05. The van der Waals surface area contributed by atoms with Crippen LogP contribution in [0.2, 0.25) is 5.02 Å². The number of benzene rings is 2. The first-order valence-corrected chi connectivity index (χ1v) is 6.83. The summed E-state index contributed by atoms with van der Waals surface area (Å²) in [6.45, 7) is 3.62. The van der Waals surface area contributed by atoms with E-state index in [0.717, 1.165) is 11.6 Å². The van der Waals surface area contributed by atoms with Gasteiger partial charge in [0.1, 0.15) is 0 Å². The van der Waals surface area contributed by atoms with E-state index in [1.807, 2.05) is 12.1 Å². The molecule has 0 N–H and O–H groups in total. The molecule has 0 radical (unpaired) electrons. The lowest BCUT2D eigenvalue weighted by atomic mass is 10.0. The van der Waals surface area contributed by atoms with Crippen LogP contribution in [0.3, 0.4) is 0 Å². The van der Waals surface area contributed by atoms with E-state index in [1.54, 1.807) is 6.92 Å². The average molecular weight is 294 g/mol. The van der Waals surface area contributed by atoms with Crippen molar-refractivity contribution in [2.75, 3.05) is 20.7 Å². The van der Waals surface area contributed by atoms with Gasteiger partial charge in [-0.3, -0.25) is 4.79 Å². The maximum atomic E-state index is 9.18. The standard InChI is InChI=1S/C13H14ClN.C3H6O2/c1-15(2)9-11-5-3-4-10-8-12(14)6-7-13(10)11;1-2-5-3-4/h3-8H,9H2,1-2H3;3H,2H2,1H3. The summed E-state index contributed by atoms with van der Waals surface area (Å²) in [4.78, 5) is 11.4. The van der Waals surface area contributed by atoms with Gasteiger partial charge in [-0.05, 0) is 49.5 Å². The van der Waals surface area contributed by atoms with Crippen LogP contribution in [0.25, 0.3) is 10.8 Å². The number of rotatable bonds is 4. The van der Waals surface area contributed by atoms with Crippen molar-refractivity contribution < 1.29 is 9.53 Å². The number of fused-ring (bicyclic) bond motifs is 1. The third-order valence-electron chi connectivity index (χ3n) is 2.65. The topological polar surface area (TPSA) is 29.5 Å². The third kappa shape index (κ3) is 5.19. The number of halogens is 1. The lowest BCUT2D eigenvalue weighted by molar-refractivity contribution is -0.128. The molecule has 0 aliphatic heterocycles. The maximum absolute atomic E-state index is 9.18. The lowest BCUT2D eigenvalue weighted by Gasteiger charge is -2.12. The molecule has 4 heteroatoms. The van der Waals surface area contributed by atoms with Crippen molar-refractivity contribution in [3.05, 3.63) is 47.0 Å². The molecule has 0 fully saturated rings. The number of hydrogen-bond donors (Lipinski definition) is 0. The van der Waals surface area contributed by atoms with Crippen molar-refractivity contribution in [1.29, 1.82) is 0 Å². The fraction of sp³-hybridized carbons (Fsp3) is 0.312. The van der Waals surface area contributed by atoms with Gasteiger partial charge in [0.05, 0.1) is 6.61 Å². The van der Waals surface area contributed by atoms with Crippen LogP contribution >= 0.6 is 11.6 Å². The first-order valence-electron chi connectivity index (χ1n) is 6.45. The van der Waals surface area contributed by atoms with Crippen molar-refractivity contribution in [1.82, 2.24) is 4.90 Å². The van der Waals surface area contributed by atoms with Crippen molar-refractivity contribution >= 4 is 28.8 Å². The van der Waals surface area contributed by atoms with Gasteiger partial charge in [-0.2, -0.15) is 0 Å². The molecule has 0 atom stereocenters. The van der Waals surface area contributed by atoms with E-state index in [0.29, 0.717) is 13.1 Å². The van der Waals surface area contributed by atoms with Crippen LogP contribution in [0.5, 0.6) is 0 Å². The molecule has 2 rings (SSSR count). The largest absolute Gasteiger partial charge is 0.468 e. The van der Waals surface area contributed by atoms with Gasteiger partial charge in [-0.1, -0.05) is 35.9 Å². The minimum Gasteiger partial charge on any atom is -0.468 e. The molecule has 0 aliphatic carbocycles. The summed E-state index contributed by atoms with van der Waals surface area (Å²) in [5.74, 6) is 0. The second-order valence-corrected chi connectivity index (χ2v) is 5.01. The second kappa shape index (κ2) is 8.56. The van der Waals surface area contributed by atoms with Crippen LogP contribution in [-0.2, 0) is 16.1 Å². The van der Waals surface area contributed by atoms with Crippen molar-refractivity contribution in [2.45, 2.75) is 13.5 Å². The van der Waals surface area contributed by atoms with Crippen molar-refractivity contribution in [2.24, 2.45) is 0 Å². The first-order chi connectivity index (χ1) is 9.58. The predicted octanol–water partition coefficient (Wildman–Crippen LogP) is 3.73. The van der Waals surface area contributed by atoms with Crippen molar-refractivity contribution in [3.63, 3.8) is 0 Å². The molecule has 20 heavy (non-hydrogen) atoms. The third-order valence-corrected chi connectivity index (χ3v) is 2.89. The zero-order chi connectivity index (χ0) is 15.0. The van der Waals surface area contributed by atoms with E-state index in [-0.39, 0.29) is 0 Å². The minimum atomic E-state index is 0.431. The average Bonchev–Trinajstić information content (AvgIpc) is 2.39. The highest BCUT2D eigenvalue weighted by Gasteiger charge is 2.02. The van der Waals surface area contributed by atoms with Gasteiger partial charge in [0.15, 0.2) is 0 Å². The number of nitrogens with zero attached hydrogens (tertiary/aromatic N) is 1.